The highest BCUT2D eigenvalue weighted by Gasteiger charge is 2.44. The molecule has 1 heterocycles. The molecule has 0 spiro atoms. The van der Waals surface area contributed by atoms with Gasteiger partial charge in [0.25, 0.3) is 0 Å². The van der Waals surface area contributed by atoms with Crippen LogP contribution >= 0.6 is 23.2 Å². The number of benzene rings is 2. The van der Waals surface area contributed by atoms with Gasteiger partial charge in [0, 0.05) is 5.56 Å². The lowest BCUT2D eigenvalue weighted by Gasteiger charge is -2.36. The largest absolute Gasteiger partial charge is 0.466 e. The number of nitrogens with zero attached hydrogens (tertiary/aromatic N) is 2. The zero-order valence-electron chi connectivity index (χ0n) is 18.4. The van der Waals surface area contributed by atoms with E-state index in [1.807, 2.05) is 6.07 Å². The van der Waals surface area contributed by atoms with Crippen LogP contribution in [0.4, 0.5) is 5.69 Å². The van der Waals surface area contributed by atoms with Crippen LogP contribution in [0, 0.1) is 11.3 Å². The fraction of sp³-hybridized carbons (Fsp3) is 0.167. The number of halogens is 2. The highest BCUT2D eigenvalue weighted by molar-refractivity contribution is 6.40. The van der Waals surface area contributed by atoms with Crippen LogP contribution in [0.5, 0.6) is 0 Å². The zero-order valence-corrected chi connectivity index (χ0v) is 19.9. The Bertz CT molecular complexity index is 1270. The number of allylic oxidation sites excluding steroid dienone is 1. The summed E-state index contributed by atoms with van der Waals surface area (Å²) in [5.74, 6) is -3.34. The van der Waals surface area contributed by atoms with E-state index >= 15 is 0 Å². The summed E-state index contributed by atoms with van der Waals surface area (Å²) >= 11 is 12.9. The van der Waals surface area contributed by atoms with E-state index in [4.69, 9.17) is 38.4 Å². The summed E-state index contributed by atoms with van der Waals surface area (Å²) in [4.78, 5) is 39.0. The number of anilines is 1. The third kappa shape index (κ3) is 4.23. The molecular formula is C24H19Cl2N3O5. The predicted octanol–water partition coefficient (Wildman–Crippen LogP) is 4.09. The van der Waals surface area contributed by atoms with Crippen LogP contribution in [0.3, 0.4) is 0 Å². The molecule has 2 aromatic carbocycles. The van der Waals surface area contributed by atoms with Gasteiger partial charge in [0.1, 0.15) is 11.5 Å². The molecule has 0 bridgehead atoms. The summed E-state index contributed by atoms with van der Waals surface area (Å²) in [5.41, 5.74) is 6.61. The van der Waals surface area contributed by atoms with Crippen molar-refractivity contribution in [1.29, 1.82) is 5.26 Å². The average Bonchev–Trinajstić information content (AvgIpc) is 2.83. The first kappa shape index (κ1) is 24.8. The van der Waals surface area contributed by atoms with E-state index < -0.39 is 17.9 Å². The summed E-state index contributed by atoms with van der Waals surface area (Å²) in [5, 5.41) is 9.97. The molecule has 0 aromatic heterocycles. The molecule has 0 radical (unpaired) electrons. The Morgan fingerprint density at radius 2 is 1.59 bits per heavy atom. The molecule has 0 saturated carbocycles. The van der Waals surface area contributed by atoms with E-state index in [2.05, 4.69) is 0 Å². The molecule has 0 fully saturated rings. The Morgan fingerprint density at radius 1 is 1.03 bits per heavy atom. The predicted molar refractivity (Wildman–Crippen MR) is 126 cm³/mol. The summed E-state index contributed by atoms with van der Waals surface area (Å²) in [7, 11) is 2.27. The quantitative estimate of drug-likeness (QED) is 0.481. The molecule has 3 rings (SSSR count). The number of nitriles is 1. The smallest absolute Gasteiger partial charge is 0.355 e. The van der Waals surface area contributed by atoms with Gasteiger partial charge in [0.05, 0.1) is 53.1 Å². The summed E-state index contributed by atoms with van der Waals surface area (Å²) < 4.78 is 9.94. The molecule has 8 nitrogen and oxygen atoms in total. The maximum atomic E-state index is 13.1. The Hall–Kier alpha value is -3.80. The van der Waals surface area contributed by atoms with Crippen molar-refractivity contribution in [2.75, 3.05) is 19.1 Å². The van der Waals surface area contributed by atoms with Crippen molar-refractivity contribution in [3.63, 3.8) is 0 Å². The molecule has 0 saturated heterocycles. The van der Waals surface area contributed by atoms with Crippen LogP contribution in [0.15, 0.2) is 65.1 Å². The number of ketones is 1. The average molecular weight is 500 g/mol. The standard InChI is InChI=1S/C24H19Cl2N3O5/c1-12(30)14-9-16(25)20(17(26)10-14)29-21(24(32)34-3)19(23(31)33-2)18(15(11-27)22(29)28)13-7-5-4-6-8-13/h4-10,18H,28H2,1-3H3. The number of ether oxygens (including phenoxy) is 2. The van der Waals surface area contributed by atoms with Gasteiger partial charge in [-0.2, -0.15) is 5.26 Å². The van der Waals surface area contributed by atoms with Crippen LogP contribution in [-0.2, 0) is 19.1 Å². The fourth-order valence-electron chi connectivity index (χ4n) is 3.73. The second-order valence-electron chi connectivity index (χ2n) is 7.18. The van der Waals surface area contributed by atoms with Crippen molar-refractivity contribution in [3.05, 3.63) is 86.3 Å². The maximum absolute atomic E-state index is 13.1. The molecule has 174 valence electrons. The molecule has 1 atom stereocenters. The SMILES string of the molecule is COC(=O)C1=C(C(=O)OC)N(c2c(Cl)cc(C(C)=O)cc2Cl)C(N)=C(C#N)C1c1ccccc1. The minimum atomic E-state index is -1.03. The van der Waals surface area contributed by atoms with Crippen molar-refractivity contribution in [2.24, 2.45) is 5.73 Å². The van der Waals surface area contributed by atoms with Gasteiger partial charge in [0.2, 0.25) is 0 Å². The van der Waals surface area contributed by atoms with Crippen molar-refractivity contribution < 1.29 is 23.9 Å². The molecule has 0 aliphatic carbocycles. The lowest BCUT2D eigenvalue weighted by atomic mass is 9.81. The van der Waals surface area contributed by atoms with Crippen molar-refractivity contribution in [1.82, 2.24) is 0 Å². The van der Waals surface area contributed by atoms with E-state index in [1.165, 1.54) is 19.1 Å². The van der Waals surface area contributed by atoms with Gasteiger partial charge in [0.15, 0.2) is 5.78 Å². The lowest BCUT2D eigenvalue weighted by Crippen LogP contribution is -2.41. The lowest BCUT2D eigenvalue weighted by molar-refractivity contribution is -0.139. The highest BCUT2D eigenvalue weighted by atomic mass is 35.5. The Labute approximate surface area is 205 Å². The van der Waals surface area contributed by atoms with Crippen LogP contribution < -0.4 is 10.6 Å². The maximum Gasteiger partial charge on any atom is 0.355 e. The van der Waals surface area contributed by atoms with Gasteiger partial charge in [-0.05, 0) is 24.6 Å². The minimum absolute atomic E-state index is 0.00750. The zero-order chi connectivity index (χ0) is 25.2. The molecule has 1 aliphatic heterocycles. The van der Waals surface area contributed by atoms with E-state index in [9.17, 15) is 19.6 Å². The van der Waals surface area contributed by atoms with Gasteiger partial charge in [-0.25, -0.2) is 9.59 Å². The summed E-state index contributed by atoms with van der Waals surface area (Å²) in [6, 6.07) is 13.3. The number of carbonyl (C=O) groups excluding carboxylic acids is 3. The number of hydrogen-bond acceptors (Lipinski definition) is 8. The Balaban J connectivity index is 2.47. The molecule has 34 heavy (non-hydrogen) atoms. The van der Waals surface area contributed by atoms with E-state index in [1.54, 1.807) is 30.3 Å². The number of carbonyl (C=O) groups is 3. The van der Waals surface area contributed by atoms with E-state index in [-0.39, 0.29) is 49.7 Å². The number of hydrogen-bond donors (Lipinski definition) is 1. The minimum Gasteiger partial charge on any atom is -0.466 e. The molecule has 10 heteroatoms. The van der Waals surface area contributed by atoms with E-state index in [0.29, 0.717) is 5.56 Å². The first-order chi connectivity index (χ1) is 16.2. The number of rotatable bonds is 5. The third-order valence-corrected chi connectivity index (χ3v) is 5.83. The second-order valence-corrected chi connectivity index (χ2v) is 7.99. The molecule has 0 amide bonds. The van der Waals surface area contributed by atoms with Crippen LogP contribution in [0.2, 0.25) is 10.0 Å². The Morgan fingerprint density at radius 3 is 2.06 bits per heavy atom. The molecule has 2 N–H and O–H groups in total. The topological polar surface area (TPSA) is 123 Å². The summed E-state index contributed by atoms with van der Waals surface area (Å²) in [6.07, 6.45) is 0. The van der Waals surface area contributed by atoms with Crippen molar-refractivity contribution in [2.45, 2.75) is 12.8 Å². The Kier molecular flexibility index (Phi) is 7.30. The van der Waals surface area contributed by atoms with E-state index in [0.717, 1.165) is 19.1 Å². The first-order valence-electron chi connectivity index (χ1n) is 9.83. The summed E-state index contributed by atoms with van der Waals surface area (Å²) in [6.45, 7) is 1.34. The molecule has 1 aliphatic rings. The van der Waals surface area contributed by atoms with Crippen LogP contribution in [0.1, 0.15) is 28.8 Å². The normalized spacial score (nSPS) is 15.6. The van der Waals surface area contributed by atoms with Gasteiger partial charge >= 0.3 is 11.9 Å². The van der Waals surface area contributed by atoms with Crippen LogP contribution in [-0.4, -0.2) is 31.9 Å². The monoisotopic (exact) mass is 499 g/mol. The van der Waals surface area contributed by atoms with Crippen molar-refractivity contribution >= 4 is 46.6 Å². The number of Topliss-reactive ketones (excluding diaryl/α,β-unsaturated/α-hetero) is 1. The first-order valence-corrected chi connectivity index (χ1v) is 10.6. The molecule has 2 aromatic rings. The van der Waals surface area contributed by atoms with Gasteiger partial charge in [-0.15, -0.1) is 0 Å². The molecule has 1 unspecified atom stereocenters. The van der Waals surface area contributed by atoms with Crippen molar-refractivity contribution in [3.8, 4) is 6.07 Å². The van der Waals surface area contributed by atoms with Gasteiger partial charge in [-0.3, -0.25) is 9.69 Å². The van der Waals surface area contributed by atoms with Gasteiger partial charge < -0.3 is 15.2 Å². The molecular weight excluding hydrogens is 481 g/mol. The second kappa shape index (κ2) is 10.00. The number of nitrogens with two attached hydrogens (primary N) is 1. The number of esters is 2. The third-order valence-electron chi connectivity index (χ3n) is 5.26. The number of methoxy groups -OCH3 is 2. The van der Waals surface area contributed by atoms with Crippen LogP contribution in [0.25, 0.3) is 0 Å². The highest BCUT2D eigenvalue weighted by Crippen LogP contribution is 2.46. The fourth-order valence-corrected chi connectivity index (χ4v) is 4.38. The van der Waals surface area contributed by atoms with Gasteiger partial charge in [-0.1, -0.05) is 53.5 Å².